The van der Waals surface area contributed by atoms with Crippen molar-refractivity contribution in [2.45, 2.75) is 39.5 Å². The number of non-ortho nitro benzene ring substituents is 1. The van der Waals surface area contributed by atoms with E-state index in [-0.39, 0.29) is 24.4 Å². The first-order valence-electron chi connectivity index (χ1n) is 9.09. The monoisotopic (exact) mass is 409 g/mol. The molecule has 0 aliphatic carbocycles. The topological polar surface area (TPSA) is 118 Å². The molecular weight excluding hydrogens is 386 g/mol. The third-order valence-corrected chi connectivity index (χ3v) is 6.13. The molecule has 1 fully saturated rings. The molecule has 0 atom stereocenters. The van der Waals surface area contributed by atoms with Gasteiger partial charge in [-0.1, -0.05) is 26.7 Å². The molecule has 0 spiro atoms. The van der Waals surface area contributed by atoms with Crippen molar-refractivity contribution in [2.24, 2.45) is 0 Å². The Balaban J connectivity index is 2.47. The summed E-state index contributed by atoms with van der Waals surface area (Å²) in [6.45, 7) is 3.72. The molecule has 0 saturated carbocycles. The molecule has 2 rings (SSSR count). The minimum absolute atomic E-state index is 0.00876. The Bertz CT molecular complexity index is 856. The molecule has 1 saturated heterocycles. The molecule has 9 nitrogen and oxygen atoms in total. The van der Waals surface area contributed by atoms with Crippen LogP contribution in [0, 0.1) is 10.1 Å². The average molecular weight is 409 g/mol. The zero-order valence-electron chi connectivity index (χ0n) is 15.8. The maximum atomic E-state index is 12.8. The summed E-state index contributed by atoms with van der Waals surface area (Å²) >= 11 is 0. The first kappa shape index (κ1) is 21.5. The van der Waals surface area contributed by atoms with Gasteiger partial charge in [0.25, 0.3) is 17.5 Å². The van der Waals surface area contributed by atoms with Gasteiger partial charge in [0.1, 0.15) is 5.57 Å². The van der Waals surface area contributed by atoms with E-state index in [0.717, 1.165) is 8.61 Å². The van der Waals surface area contributed by atoms with Gasteiger partial charge in [0.05, 0.1) is 4.92 Å². The Morgan fingerprint density at radius 3 is 1.82 bits per heavy atom. The highest BCUT2D eigenvalue weighted by Gasteiger charge is 2.45. The average Bonchev–Trinajstić information content (AvgIpc) is 2.65. The lowest BCUT2D eigenvalue weighted by molar-refractivity contribution is -0.384. The number of rotatable bonds is 8. The quantitative estimate of drug-likeness (QED) is 0.282. The van der Waals surface area contributed by atoms with Crippen LogP contribution in [0.4, 0.5) is 5.69 Å². The first-order chi connectivity index (χ1) is 13.2. The van der Waals surface area contributed by atoms with Crippen molar-refractivity contribution in [3.05, 3.63) is 45.5 Å². The van der Waals surface area contributed by atoms with E-state index < -0.39 is 26.9 Å². The molecule has 0 bridgehead atoms. The molecule has 1 aromatic rings. The summed E-state index contributed by atoms with van der Waals surface area (Å²) in [6, 6.07) is 5.32. The summed E-state index contributed by atoms with van der Waals surface area (Å²) in [5, 5.41) is 10.8. The molecule has 152 valence electrons. The minimum atomic E-state index is -4.21. The highest BCUT2D eigenvalue weighted by atomic mass is 32.2. The normalized spacial score (nSPS) is 16.4. The van der Waals surface area contributed by atoms with Gasteiger partial charge in [0.2, 0.25) is 0 Å². The number of unbranched alkanes of at least 4 members (excludes halogenated alkanes) is 2. The highest BCUT2D eigenvalue weighted by Crippen LogP contribution is 2.26. The lowest BCUT2D eigenvalue weighted by Gasteiger charge is -2.35. The third-order valence-electron chi connectivity index (χ3n) is 4.32. The molecule has 1 aliphatic heterocycles. The first-order valence-corrected chi connectivity index (χ1v) is 10.5. The van der Waals surface area contributed by atoms with Crippen LogP contribution in [0.3, 0.4) is 0 Å². The van der Waals surface area contributed by atoms with Gasteiger partial charge in [-0.25, -0.2) is 8.61 Å². The second-order valence-corrected chi connectivity index (χ2v) is 8.15. The number of hydrogen-bond acceptors (Lipinski definition) is 6. The Hall–Kier alpha value is -2.75. The fraction of sp³-hybridized carbons (Fsp3) is 0.444. The molecule has 0 unspecified atom stereocenters. The second kappa shape index (κ2) is 8.96. The number of nitro benzene ring substituents is 1. The van der Waals surface area contributed by atoms with Crippen LogP contribution in [0.5, 0.6) is 0 Å². The molecule has 1 aliphatic rings. The van der Waals surface area contributed by atoms with E-state index >= 15 is 0 Å². The number of amides is 2. The van der Waals surface area contributed by atoms with Crippen LogP contribution in [0.2, 0.25) is 0 Å². The van der Waals surface area contributed by atoms with E-state index in [0.29, 0.717) is 31.2 Å². The van der Waals surface area contributed by atoms with Crippen LogP contribution in [0.15, 0.2) is 29.8 Å². The standard InChI is InChI=1S/C18H23N3O6S/c1-3-5-11-19-17(22)16(13-14-7-9-15(10-8-14)21(24)25)18(23)20(12-6-4-2)28(19,26)27/h7-10,13H,3-6,11-12H2,1-2H3. The van der Waals surface area contributed by atoms with E-state index in [1.165, 1.54) is 30.3 Å². The van der Waals surface area contributed by atoms with E-state index in [4.69, 9.17) is 0 Å². The number of benzene rings is 1. The van der Waals surface area contributed by atoms with Gasteiger partial charge in [0, 0.05) is 25.2 Å². The van der Waals surface area contributed by atoms with Crippen molar-refractivity contribution in [1.29, 1.82) is 0 Å². The lowest BCUT2D eigenvalue weighted by Crippen LogP contribution is -2.56. The molecule has 0 N–H and O–H groups in total. The largest absolute Gasteiger partial charge is 0.331 e. The Morgan fingerprint density at radius 1 is 0.964 bits per heavy atom. The van der Waals surface area contributed by atoms with E-state index in [9.17, 15) is 28.1 Å². The van der Waals surface area contributed by atoms with Crippen molar-refractivity contribution >= 4 is 33.8 Å². The van der Waals surface area contributed by atoms with Gasteiger partial charge < -0.3 is 0 Å². The molecule has 1 heterocycles. The van der Waals surface area contributed by atoms with Gasteiger partial charge >= 0.3 is 10.2 Å². The van der Waals surface area contributed by atoms with Crippen LogP contribution < -0.4 is 0 Å². The van der Waals surface area contributed by atoms with Crippen molar-refractivity contribution in [3.8, 4) is 0 Å². The zero-order valence-corrected chi connectivity index (χ0v) is 16.6. The second-order valence-electron chi connectivity index (χ2n) is 6.38. The molecule has 1 aromatic carbocycles. The van der Waals surface area contributed by atoms with Gasteiger partial charge in [-0.15, -0.1) is 0 Å². The summed E-state index contributed by atoms with van der Waals surface area (Å²) < 4.78 is 27.0. The predicted molar refractivity (Wildman–Crippen MR) is 103 cm³/mol. The maximum absolute atomic E-state index is 12.8. The Labute approximate surface area is 164 Å². The van der Waals surface area contributed by atoms with Gasteiger partial charge in [-0.05, 0) is 36.6 Å². The minimum Gasteiger partial charge on any atom is -0.268 e. The van der Waals surface area contributed by atoms with Crippen molar-refractivity contribution in [3.63, 3.8) is 0 Å². The highest BCUT2D eigenvalue weighted by molar-refractivity contribution is 7.88. The summed E-state index contributed by atoms with van der Waals surface area (Å²) in [5.41, 5.74) is 0.00327. The van der Waals surface area contributed by atoms with Crippen LogP contribution in [-0.2, 0) is 19.8 Å². The summed E-state index contributed by atoms with van der Waals surface area (Å²) in [7, 11) is -4.21. The SMILES string of the molecule is CCCCN1C(=O)C(=Cc2ccc([N+](=O)[O-])cc2)C(=O)N(CCCC)S1(=O)=O. The molecular formula is C18H23N3O6S. The van der Waals surface area contributed by atoms with Crippen LogP contribution in [0.25, 0.3) is 6.08 Å². The third kappa shape index (κ3) is 4.38. The predicted octanol–water partition coefficient (Wildman–Crippen LogP) is 2.49. The van der Waals surface area contributed by atoms with E-state index in [1.807, 2.05) is 13.8 Å². The smallest absolute Gasteiger partial charge is 0.268 e. The molecule has 0 aromatic heterocycles. The maximum Gasteiger partial charge on any atom is 0.331 e. The summed E-state index contributed by atoms with van der Waals surface area (Å²) in [5.74, 6) is -1.74. The van der Waals surface area contributed by atoms with Crippen LogP contribution >= 0.6 is 0 Å². The summed E-state index contributed by atoms with van der Waals surface area (Å²) in [6.07, 6.45) is 3.60. The van der Waals surface area contributed by atoms with Crippen LogP contribution in [-0.4, -0.2) is 46.9 Å². The van der Waals surface area contributed by atoms with Crippen molar-refractivity contribution in [2.75, 3.05) is 13.1 Å². The van der Waals surface area contributed by atoms with Crippen molar-refractivity contribution < 1.29 is 22.9 Å². The molecule has 0 radical (unpaired) electrons. The van der Waals surface area contributed by atoms with Gasteiger partial charge in [-0.3, -0.25) is 19.7 Å². The molecule has 2 amide bonds. The van der Waals surface area contributed by atoms with Gasteiger partial charge in [0.15, 0.2) is 0 Å². The van der Waals surface area contributed by atoms with Crippen molar-refractivity contribution in [1.82, 2.24) is 8.61 Å². The Kier molecular flexibility index (Phi) is 6.90. The number of carbonyl (C=O) groups excluding carboxylic acids is 2. The number of hydrogen-bond donors (Lipinski definition) is 0. The fourth-order valence-corrected chi connectivity index (χ4v) is 4.28. The van der Waals surface area contributed by atoms with Crippen LogP contribution in [0.1, 0.15) is 45.1 Å². The van der Waals surface area contributed by atoms with E-state index in [1.54, 1.807) is 0 Å². The Morgan fingerprint density at radius 2 is 1.43 bits per heavy atom. The number of nitrogens with zero attached hydrogens (tertiary/aromatic N) is 3. The molecule has 28 heavy (non-hydrogen) atoms. The number of nitro groups is 1. The number of carbonyl (C=O) groups is 2. The molecule has 10 heteroatoms. The lowest BCUT2D eigenvalue weighted by atomic mass is 10.1. The van der Waals surface area contributed by atoms with E-state index in [2.05, 4.69) is 0 Å². The van der Waals surface area contributed by atoms with Gasteiger partial charge in [-0.2, -0.15) is 8.42 Å². The zero-order chi connectivity index (χ0) is 20.9. The summed E-state index contributed by atoms with van der Waals surface area (Å²) in [4.78, 5) is 35.8. The fourth-order valence-electron chi connectivity index (χ4n) is 2.71.